The first-order valence-corrected chi connectivity index (χ1v) is 9.00. The first-order valence-electron chi connectivity index (χ1n) is 7.52. The van der Waals surface area contributed by atoms with E-state index in [4.69, 9.17) is 9.26 Å². The van der Waals surface area contributed by atoms with Crippen molar-refractivity contribution in [2.24, 2.45) is 0 Å². The Balaban J connectivity index is 1.91. The molecule has 0 fully saturated rings. The van der Waals surface area contributed by atoms with Gasteiger partial charge in [-0.2, -0.15) is 4.98 Å². The van der Waals surface area contributed by atoms with Gasteiger partial charge in [-0.3, -0.25) is 0 Å². The predicted molar refractivity (Wildman–Crippen MR) is 91.5 cm³/mol. The molecule has 0 bridgehead atoms. The van der Waals surface area contributed by atoms with E-state index in [1.165, 1.54) is 19.2 Å². The molecule has 0 aliphatic heterocycles. The number of ether oxygens (including phenoxy) is 1. The van der Waals surface area contributed by atoms with Gasteiger partial charge in [0.05, 0.1) is 17.6 Å². The van der Waals surface area contributed by atoms with Crippen LogP contribution >= 0.6 is 0 Å². The lowest BCUT2D eigenvalue weighted by molar-refractivity contribution is 0.392. The third-order valence-electron chi connectivity index (χ3n) is 3.56. The van der Waals surface area contributed by atoms with E-state index in [0.29, 0.717) is 17.2 Å². The van der Waals surface area contributed by atoms with Gasteiger partial charge >= 0.3 is 0 Å². The summed E-state index contributed by atoms with van der Waals surface area (Å²) in [5.41, 5.74) is 1.32. The fourth-order valence-corrected chi connectivity index (χ4v) is 3.34. The van der Waals surface area contributed by atoms with Crippen LogP contribution in [0.4, 0.5) is 0 Å². The van der Waals surface area contributed by atoms with E-state index in [2.05, 4.69) is 14.9 Å². The Hall–Kier alpha value is -2.71. The summed E-state index contributed by atoms with van der Waals surface area (Å²) in [5.74, 6) is 1.12. The van der Waals surface area contributed by atoms with Gasteiger partial charge in [0.1, 0.15) is 5.75 Å². The van der Waals surface area contributed by atoms with Crippen molar-refractivity contribution < 1.29 is 17.7 Å². The molecule has 0 radical (unpaired) electrons. The van der Waals surface area contributed by atoms with Gasteiger partial charge in [-0.1, -0.05) is 35.5 Å². The van der Waals surface area contributed by atoms with E-state index < -0.39 is 10.0 Å². The molecule has 7 nitrogen and oxygen atoms in total. The Morgan fingerprint density at radius 1 is 1.16 bits per heavy atom. The van der Waals surface area contributed by atoms with Crippen molar-refractivity contribution in [3.8, 4) is 17.1 Å². The van der Waals surface area contributed by atoms with Crippen LogP contribution < -0.4 is 9.46 Å². The van der Waals surface area contributed by atoms with Crippen molar-refractivity contribution in [1.82, 2.24) is 14.9 Å². The minimum absolute atomic E-state index is 0.0988. The van der Waals surface area contributed by atoms with E-state index in [9.17, 15) is 8.42 Å². The van der Waals surface area contributed by atoms with Gasteiger partial charge < -0.3 is 9.26 Å². The monoisotopic (exact) mass is 359 g/mol. The number of benzene rings is 2. The summed E-state index contributed by atoms with van der Waals surface area (Å²) < 4.78 is 38.0. The van der Waals surface area contributed by atoms with Crippen LogP contribution in [0, 0.1) is 6.92 Å². The summed E-state index contributed by atoms with van der Waals surface area (Å²) in [7, 11) is -2.21. The molecule has 0 saturated heterocycles. The fraction of sp³-hybridized carbons (Fsp3) is 0.176. The van der Waals surface area contributed by atoms with Gasteiger partial charge in [-0.15, -0.1) is 0 Å². The lowest BCUT2D eigenvalue weighted by Crippen LogP contribution is -2.23. The molecule has 130 valence electrons. The van der Waals surface area contributed by atoms with E-state index >= 15 is 0 Å². The van der Waals surface area contributed by atoms with Crippen molar-refractivity contribution in [2.45, 2.75) is 18.4 Å². The molecular weight excluding hydrogens is 342 g/mol. The second-order valence-electron chi connectivity index (χ2n) is 5.31. The lowest BCUT2D eigenvalue weighted by atomic mass is 10.2. The van der Waals surface area contributed by atoms with Crippen LogP contribution in [-0.4, -0.2) is 25.7 Å². The second kappa shape index (κ2) is 7.04. The summed E-state index contributed by atoms with van der Waals surface area (Å²) in [6, 6.07) is 13.8. The molecule has 1 N–H and O–H groups in total. The maximum absolute atomic E-state index is 12.6. The van der Waals surface area contributed by atoms with Crippen LogP contribution in [0.25, 0.3) is 11.4 Å². The number of methoxy groups -OCH3 is 1. The van der Waals surface area contributed by atoms with Gasteiger partial charge in [0, 0.05) is 13.5 Å². The molecule has 8 heteroatoms. The SMILES string of the molecule is COc1ccc(S(=O)(=O)NCc2ccccc2)cc1-c1noc(C)n1. The Labute approximate surface area is 145 Å². The zero-order valence-corrected chi connectivity index (χ0v) is 14.6. The summed E-state index contributed by atoms with van der Waals surface area (Å²) in [5, 5.41) is 3.83. The quantitative estimate of drug-likeness (QED) is 0.727. The Morgan fingerprint density at radius 3 is 2.56 bits per heavy atom. The molecular formula is C17H17N3O4S. The zero-order valence-electron chi connectivity index (χ0n) is 13.8. The number of aromatic nitrogens is 2. The molecule has 0 saturated carbocycles. The molecule has 0 atom stereocenters. The van der Waals surface area contributed by atoms with Crippen LogP contribution in [0.3, 0.4) is 0 Å². The summed E-state index contributed by atoms with van der Waals surface area (Å²) in [6.45, 7) is 1.86. The molecule has 25 heavy (non-hydrogen) atoms. The molecule has 2 aromatic carbocycles. The smallest absolute Gasteiger partial charge is 0.240 e. The molecule has 3 aromatic rings. The van der Waals surface area contributed by atoms with Crippen molar-refractivity contribution in [1.29, 1.82) is 0 Å². The standard InChI is InChI=1S/C17H17N3O4S/c1-12-19-17(20-24-12)15-10-14(8-9-16(15)23-2)25(21,22)18-11-13-6-4-3-5-7-13/h3-10,18H,11H2,1-2H3. The Bertz CT molecular complexity index is 969. The first-order chi connectivity index (χ1) is 12.0. The van der Waals surface area contributed by atoms with Crippen LogP contribution in [-0.2, 0) is 16.6 Å². The molecule has 0 spiro atoms. The number of hydrogen-bond acceptors (Lipinski definition) is 6. The Kier molecular flexibility index (Phi) is 4.82. The maximum Gasteiger partial charge on any atom is 0.240 e. The molecule has 0 aliphatic rings. The fourth-order valence-electron chi connectivity index (χ4n) is 2.30. The van der Waals surface area contributed by atoms with Crippen molar-refractivity contribution in [3.63, 3.8) is 0 Å². The zero-order chi connectivity index (χ0) is 17.9. The largest absolute Gasteiger partial charge is 0.496 e. The van der Waals surface area contributed by atoms with E-state index in [0.717, 1.165) is 5.56 Å². The van der Waals surface area contributed by atoms with Crippen LogP contribution in [0.2, 0.25) is 0 Å². The van der Waals surface area contributed by atoms with Gasteiger partial charge in [-0.25, -0.2) is 13.1 Å². The van der Waals surface area contributed by atoms with E-state index in [1.54, 1.807) is 13.0 Å². The van der Waals surface area contributed by atoms with Crippen LogP contribution in [0.5, 0.6) is 5.75 Å². The average Bonchev–Trinajstić information content (AvgIpc) is 3.06. The molecule has 0 amide bonds. The minimum atomic E-state index is -3.70. The van der Waals surface area contributed by atoms with Gasteiger partial charge in [0.25, 0.3) is 0 Å². The number of nitrogens with zero attached hydrogens (tertiary/aromatic N) is 2. The Morgan fingerprint density at radius 2 is 1.92 bits per heavy atom. The predicted octanol–water partition coefficient (Wildman–Crippen LogP) is 2.53. The second-order valence-corrected chi connectivity index (χ2v) is 7.08. The molecule has 1 aromatic heterocycles. The lowest BCUT2D eigenvalue weighted by Gasteiger charge is -2.10. The van der Waals surface area contributed by atoms with E-state index in [-0.39, 0.29) is 17.3 Å². The van der Waals surface area contributed by atoms with E-state index in [1.807, 2.05) is 30.3 Å². The van der Waals surface area contributed by atoms with Gasteiger partial charge in [0.15, 0.2) is 0 Å². The molecule has 0 aliphatic carbocycles. The number of nitrogens with one attached hydrogen (secondary N) is 1. The van der Waals surface area contributed by atoms with Crippen LogP contribution in [0.1, 0.15) is 11.5 Å². The average molecular weight is 359 g/mol. The summed E-state index contributed by atoms with van der Waals surface area (Å²) >= 11 is 0. The topological polar surface area (TPSA) is 94.3 Å². The highest BCUT2D eigenvalue weighted by molar-refractivity contribution is 7.89. The van der Waals surface area contributed by atoms with Crippen LogP contribution in [0.15, 0.2) is 57.9 Å². The molecule has 1 heterocycles. The van der Waals surface area contributed by atoms with Crippen molar-refractivity contribution >= 4 is 10.0 Å². The number of rotatable bonds is 6. The molecule has 3 rings (SSSR count). The summed E-state index contributed by atoms with van der Waals surface area (Å²) in [6.07, 6.45) is 0. The first kappa shape index (κ1) is 17.1. The van der Waals surface area contributed by atoms with Gasteiger partial charge in [-0.05, 0) is 23.8 Å². The highest BCUT2D eigenvalue weighted by Crippen LogP contribution is 2.30. The maximum atomic E-state index is 12.6. The normalized spacial score (nSPS) is 11.4. The molecule has 0 unspecified atom stereocenters. The third kappa shape index (κ3) is 3.86. The third-order valence-corrected chi connectivity index (χ3v) is 4.96. The minimum Gasteiger partial charge on any atom is -0.496 e. The summed E-state index contributed by atoms with van der Waals surface area (Å²) in [4.78, 5) is 4.23. The number of hydrogen-bond donors (Lipinski definition) is 1. The highest BCUT2D eigenvalue weighted by Gasteiger charge is 2.19. The number of aryl methyl sites for hydroxylation is 1. The number of sulfonamides is 1. The van der Waals surface area contributed by atoms with Crippen molar-refractivity contribution in [3.05, 3.63) is 60.0 Å². The van der Waals surface area contributed by atoms with Crippen molar-refractivity contribution in [2.75, 3.05) is 7.11 Å². The highest BCUT2D eigenvalue weighted by atomic mass is 32.2. The van der Waals surface area contributed by atoms with Gasteiger partial charge in [0.2, 0.25) is 21.7 Å².